The van der Waals surface area contributed by atoms with Gasteiger partial charge in [0.1, 0.15) is 0 Å². The van der Waals surface area contributed by atoms with Crippen molar-refractivity contribution in [3.8, 4) is 0 Å². The maximum absolute atomic E-state index is 11.0. The highest BCUT2D eigenvalue weighted by molar-refractivity contribution is 5.49. The van der Waals surface area contributed by atoms with Gasteiger partial charge in [-0.15, -0.1) is 0 Å². The standard InChI is InChI=1S/C13H19N3O4/c1-9(13(2,3)4)14-8-10-5-6-11(15(17)18)7-12(10)16(19)20/h5-7,9,14H,8H2,1-4H3. The minimum absolute atomic E-state index is 0.0234. The quantitative estimate of drug-likeness (QED) is 0.660. The second kappa shape index (κ2) is 5.96. The highest BCUT2D eigenvalue weighted by Crippen LogP contribution is 2.25. The van der Waals surface area contributed by atoms with Gasteiger partial charge in [0, 0.05) is 24.2 Å². The molecule has 7 nitrogen and oxygen atoms in total. The first-order chi connectivity index (χ1) is 9.12. The summed E-state index contributed by atoms with van der Waals surface area (Å²) in [6.07, 6.45) is 0. The summed E-state index contributed by atoms with van der Waals surface area (Å²) in [6.45, 7) is 8.49. The Morgan fingerprint density at radius 1 is 1.20 bits per heavy atom. The van der Waals surface area contributed by atoms with Crippen molar-refractivity contribution in [2.75, 3.05) is 0 Å². The second-order valence-corrected chi connectivity index (χ2v) is 5.80. The molecule has 0 saturated carbocycles. The van der Waals surface area contributed by atoms with E-state index >= 15 is 0 Å². The van der Waals surface area contributed by atoms with Gasteiger partial charge in [0.15, 0.2) is 0 Å². The van der Waals surface area contributed by atoms with Crippen LogP contribution in [0.3, 0.4) is 0 Å². The first-order valence-corrected chi connectivity index (χ1v) is 6.28. The molecule has 7 heteroatoms. The van der Waals surface area contributed by atoms with E-state index in [-0.39, 0.29) is 22.8 Å². The molecule has 1 atom stereocenters. The molecular weight excluding hydrogens is 262 g/mol. The summed E-state index contributed by atoms with van der Waals surface area (Å²) >= 11 is 0. The number of hydrogen-bond donors (Lipinski definition) is 1. The number of nitrogens with zero attached hydrogens (tertiary/aromatic N) is 2. The molecule has 0 bridgehead atoms. The number of rotatable bonds is 5. The lowest BCUT2D eigenvalue weighted by Gasteiger charge is -2.28. The Balaban J connectivity index is 2.95. The molecule has 0 aliphatic heterocycles. The summed E-state index contributed by atoms with van der Waals surface area (Å²) in [7, 11) is 0. The Labute approximate surface area is 117 Å². The van der Waals surface area contributed by atoms with Gasteiger partial charge in [0.05, 0.1) is 15.9 Å². The first-order valence-electron chi connectivity index (χ1n) is 6.28. The van der Waals surface area contributed by atoms with E-state index in [1.807, 2.05) is 6.92 Å². The van der Waals surface area contributed by atoms with Crippen molar-refractivity contribution in [3.63, 3.8) is 0 Å². The summed E-state index contributed by atoms with van der Waals surface area (Å²) in [5.41, 5.74) is -0.0379. The Morgan fingerprint density at radius 3 is 2.25 bits per heavy atom. The average molecular weight is 281 g/mol. The van der Waals surface area contributed by atoms with Crippen LogP contribution in [0, 0.1) is 25.6 Å². The molecule has 1 rings (SSSR count). The van der Waals surface area contributed by atoms with E-state index in [4.69, 9.17) is 0 Å². The molecule has 0 aromatic heterocycles. The van der Waals surface area contributed by atoms with Crippen molar-refractivity contribution >= 4 is 11.4 Å². The van der Waals surface area contributed by atoms with Crippen molar-refractivity contribution in [2.24, 2.45) is 5.41 Å². The Hall–Kier alpha value is -2.02. The second-order valence-electron chi connectivity index (χ2n) is 5.80. The van der Waals surface area contributed by atoms with Crippen LogP contribution in [0.15, 0.2) is 18.2 Å². The number of non-ortho nitro benzene ring substituents is 1. The van der Waals surface area contributed by atoms with Gasteiger partial charge in [-0.25, -0.2) is 0 Å². The van der Waals surface area contributed by atoms with E-state index in [0.29, 0.717) is 12.1 Å². The van der Waals surface area contributed by atoms with Gasteiger partial charge >= 0.3 is 0 Å². The molecule has 0 aliphatic carbocycles. The molecule has 20 heavy (non-hydrogen) atoms. The maximum atomic E-state index is 11.0. The summed E-state index contributed by atoms with van der Waals surface area (Å²) < 4.78 is 0. The fraction of sp³-hybridized carbons (Fsp3) is 0.538. The highest BCUT2D eigenvalue weighted by Gasteiger charge is 2.22. The third-order valence-corrected chi connectivity index (χ3v) is 3.37. The van der Waals surface area contributed by atoms with Crippen molar-refractivity contribution < 1.29 is 9.85 Å². The zero-order valence-corrected chi connectivity index (χ0v) is 12.0. The Kier molecular flexibility index (Phi) is 4.78. The highest BCUT2D eigenvalue weighted by atomic mass is 16.6. The van der Waals surface area contributed by atoms with Crippen LogP contribution in [0.25, 0.3) is 0 Å². The third-order valence-electron chi connectivity index (χ3n) is 3.37. The molecule has 0 spiro atoms. The first kappa shape index (κ1) is 16.0. The summed E-state index contributed by atoms with van der Waals surface area (Å²) in [4.78, 5) is 20.4. The van der Waals surface area contributed by atoms with Crippen LogP contribution in [0.2, 0.25) is 0 Å². The molecule has 1 aromatic carbocycles. The van der Waals surface area contributed by atoms with Crippen LogP contribution in [0.4, 0.5) is 11.4 Å². The van der Waals surface area contributed by atoms with E-state index in [1.54, 1.807) is 0 Å². The van der Waals surface area contributed by atoms with Crippen LogP contribution in [-0.4, -0.2) is 15.9 Å². The van der Waals surface area contributed by atoms with Gasteiger partial charge in [-0.05, 0) is 18.4 Å². The lowest BCUT2D eigenvalue weighted by molar-refractivity contribution is -0.394. The number of hydrogen-bond acceptors (Lipinski definition) is 5. The summed E-state index contributed by atoms with van der Waals surface area (Å²) in [5, 5.41) is 24.9. The topological polar surface area (TPSA) is 98.3 Å². The van der Waals surface area contributed by atoms with E-state index < -0.39 is 9.85 Å². The minimum atomic E-state index is -0.637. The Morgan fingerprint density at radius 2 is 1.80 bits per heavy atom. The van der Waals surface area contributed by atoms with Crippen molar-refractivity contribution in [1.29, 1.82) is 0 Å². The van der Waals surface area contributed by atoms with Crippen LogP contribution >= 0.6 is 0 Å². The number of nitro benzene ring substituents is 2. The van der Waals surface area contributed by atoms with Gasteiger partial charge in [-0.1, -0.05) is 20.8 Å². The molecule has 1 N–H and O–H groups in total. The van der Waals surface area contributed by atoms with E-state index in [9.17, 15) is 20.2 Å². The monoisotopic (exact) mass is 281 g/mol. The van der Waals surface area contributed by atoms with Crippen molar-refractivity contribution in [1.82, 2.24) is 5.32 Å². The normalized spacial score (nSPS) is 13.0. The fourth-order valence-corrected chi connectivity index (χ4v) is 1.55. The van der Waals surface area contributed by atoms with Crippen molar-refractivity contribution in [2.45, 2.75) is 40.3 Å². The van der Waals surface area contributed by atoms with Crippen LogP contribution < -0.4 is 5.32 Å². The molecule has 0 amide bonds. The molecule has 0 aliphatic rings. The van der Waals surface area contributed by atoms with Crippen molar-refractivity contribution in [3.05, 3.63) is 44.0 Å². The van der Waals surface area contributed by atoms with Crippen LogP contribution in [0.5, 0.6) is 0 Å². The SMILES string of the molecule is CC(NCc1ccc([N+](=O)[O-])cc1[N+](=O)[O-])C(C)(C)C. The van der Waals surface area contributed by atoms with E-state index in [0.717, 1.165) is 6.07 Å². The lowest BCUT2D eigenvalue weighted by atomic mass is 9.88. The number of nitrogens with one attached hydrogen (secondary N) is 1. The Bertz CT molecular complexity index is 523. The molecule has 0 heterocycles. The summed E-state index contributed by atoms with van der Waals surface area (Å²) in [6, 6.07) is 3.86. The maximum Gasteiger partial charge on any atom is 0.280 e. The summed E-state index contributed by atoms with van der Waals surface area (Å²) in [5.74, 6) is 0. The molecule has 110 valence electrons. The molecule has 1 aromatic rings. The van der Waals surface area contributed by atoms with Crippen LogP contribution in [0.1, 0.15) is 33.3 Å². The lowest BCUT2D eigenvalue weighted by Crippen LogP contribution is -2.37. The van der Waals surface area contributed by atoms with E-state index in [1.165, 1.54) is 12.1 Å². The van der Waals surface area contributed by atoms with Gasteiger partial charge in [0.25, 0.3) is 11.4 Å². The molecular formula is C13H19N3O4. The van der Waals surface area contributed by atoms with Gasteiger partial charge in [-0.2, -0.15) is 0 Å². The molecule has 0 fully saturated rings. The fourth-order valence-electron chi connectivity index (χ4n) is 1.55. The molecule has 0 saturated heterocycles. The molecule has 0 radical (unpaired) electrons. The zero-order chi connectivity index (χ0) is 15.5. The number of nitro groups is 2. The van der Waals surface area contributed by atoms with Gasteiger partial charge < -0.3 is 5.32 Å². The number of benzene rings is 1. The third kappa shape index (κ3) is 3.99. The van der Waals surface area contributed by atoms with Gasteiger partial charge in [0.2, 0.25) is 0 Å². The average Bonchev–Trinajstić information content (AvgIpc) is 2.34. The van der Waals surface area contributed by atoms with E-state index in [2.05, 4.69) is 26.1 Å². The zero-order valence-electron chi connectivity index (χ0n) is 12.0. The minimum Gasteiger partial charge on any atom is -0.309 e. The van der Waals surface area contributed by atoms with Gasteiger partial charge in [-0.3, -0.25) is 20.2 Å². The van der Waals surface area contributed by atoms with Crippen LogP contribution in [-0.2, 0) is 6.54 Å². The largest absolute Gasteiger partial charge is 0.309 e. The predicted molar refractivity (Wildman–Crippen MR) is 75.5 cm³/mol. The molecule has 1 unspecified atom stereocenters. The smallest absolute Gasteiger partial charge is 0.280 e. The predicted octanol–water partition coefficient (Wildman–Crippen LogP) is 3.03.